The average Bonchev–Trinajstić information content (AvgIpc) is 3.26. The first-order chi connectivity index (χ1) is 15.7. The number of Topliss-reactive ketones (excluding diaryl/α,β-unsaturated/α-hetero) is 1. The van der Waals surface area contributed by atoms with Crippen molar-refractivity contribution in [2.75, 3.05) is 5.32 Å². The van der Waals surface area contributed by atoms with Crippen molar-refractivity contribution in [2.45, 2.75) is 31.0 Å². The van der Waals surface area contributed by atoms with Crippen molar-refractivity contribution in [1.82, 2.24) is 9.97 Å². The van der Waals surface area contributed by atoms with Gasteiger partial charge >= 0.3 is 12.1 Å². The van der Waals surface area contributed by atoms with Crippen LogP contribution in [0.25, 0.3) is 0 Å². The summed E-state index contributed by atoms with van der Waals surface area (Å²) < 4.78 is 41.6. The van der Waals surface area contributed by atoms with Gasteiger partial charge in [0, 0.05) is 34.4 Å². The van der Waals surface area contributed by atoms with E-state index in [1.165, 1.54) is 12.1 Å². The molecule has 3 N–H and O–H groups in total. The Kier molecular flexibility index (Phi) is 5.00. The number of benzene rings is 1. The number of allylic oxidation sites excluding steroid dienone is 2. The Bertz CT molecular complexity index is 1370. The van der Waals surface area contributed by atoms with Gasteiger partial charge in [-0.1, -0.05) is 18.2 Å². The molecule has 0 radical (unpaired) electrons. The van der Waals surface area contributed by atoms with Crippen molar-refractivity contribution in [3.05, 3.63) is 89.9 Å². The molecule has 0 fully saturated rings. The zero-order valence-electron chi connectivity index (χ0n) is 16.8. The zero-order valence-corrected chi connectivity index (χ0v) is 17.6. The van der Waals surface area contributed by atoms with Crippen LogP contribution < -0.4 is 21.3 Å². The molecule has 11 heteroatoms. The largest absolute Gasteiger partial charge is 0.573 e. The first kappa shape index (κ1) is 21.3. The van der Waals surface area contributed by atoms with E-state index in [0.717, 1.165) is 17.0 Å². The number of anilines is 1. The number of aromatic amines is 2. The molecular weight excluding hydrogens is 459 g/mol. The van der Waals surface area contributed by atoms with Crippen LogP contribution in [0.2, 0.25) is 0 Å². The molecule has 2 atom stereocenters. The van der Waals surface area contributed by atoms with Crippen LogP contribution in [0.3, 0.4) is 0 Å². The van der Waals surface area contributed by atoms with Crippen molar-refractivity contribution in [2.24, 2.45) is 0 Å². The van der Waals surface area contributed by atoms with Crippen molar-refractivity contribution in [3.63, 3.8) is 0 Å². The van der Waals surface area contributed by atoms with Crippen LogP contribution >= 0.6 is 11.3 Å². The van der Waals surface area contributed by atoms with Crippen molar-refractivity contribution in [3.8, 4) is 5.75 Å². The lowest BCUT2D eigenvalue weighted by atomic mass is 9.73. The second kappa shape index (κ2) is 7.77. The number of thiophene rings is 1. The minimum Gasteiger partial charge on any atom is -0.406 e. The third-order valence-corrected chi connectivity index (χ3v) is 6.77. The molecule has 5 rings (SSSR count). The molecule has 3 heterocycles. The number of ether oxygens (including phenoxy) is 1. The molecule has 170 valence electrons. The highest BCUT2D eigenvalue weighted by molar-refractivity contribution is 7.10. The summed E-state index contributed by atoms with van der Waals surface area (Å²) in [5.41, 5.74) is 0.124. The molecule has 0 spiro atoms. The number of halogens is 3. The van der Waals surface area contributed by atoms with Gasteiger partial charge in [0.05, 0.1) is 5.56 Å². The molecule has 0 amide bonds. The summed E-state index contributed by atoms with van der Waals surface area (Å²) in [6.07, 6.45) is -4.11. The minimum atomic E-state index is -4.84. The van der Waals surface area contributed by atoms with E-state index in [1.807, 2.05) is 17.5 Å². The number of fused-ring (bicyclic) bond motifs is 1. The van der Waals surface area contributed by atoms with E-state index in [4.69, 9.17) is 0 Å². The average molecular weight is 475 g/mol. The molecule has 0 unspecified atom stereocenters. The lowest BCUT2D eigenvalue weighted by Crippen LogP contribution is -2.37. The summed E-state index contributed by atoms with van der Waals surface area (Å²) in [4.78, 5) is 43.7. The van der Waals surface area contributed by atoms with E-state index >= 15 is 0 Å². The highest BCUT2D eigenvalue weighted by Gasteiger charge is 2.40. The summed E-state index contributed by atoms with van der Waals surface area (Å²) in [6, 6.07) is 8.89. The van der Waals surface area contributed by atoms with Crippen LogP contribution in [0.5, 0.6) is 5.75 Å². The van der Waals surface area contributed by atoms with Crippen LogP contribution in [0.15, 0.2) is 62.6 Å². The van der Waals surface area contributed by atoms with Crippen LogP contribution in [0, 0.1) is 0 Å². The van der Waals surface area contributed by atoms with Crippen LogP contribution in [-0.4, -0.2) is 22.1 Å². The molecule has 0 saturated heterocycles. The Morgan fingerprint density at radius 3 is 2.42 bits per heavy atom. The van der Waals surface area contributed by atoms with Crippen LogP contribution in [-0.2, 0) is 4.79 Å². The molecule has 0 saturated carbocycles. The molecule has 1 aromatic carbocycles. The first-order valence-corrected chi connectivity index (χ1v) is 10.9. The Morgan fingerprint density at radius 1 is 1.00 bits per heavy atom. The zero-order chi connectivity index (χ0) is 23.3. The van der Waals surface area contributed by atoms with Gasteiger partial charge in [0.25, 0.3) is 5.56 Å². The molecule has 2 aromatic heterocycles. The third-order valence-electron chi connectivity index (χ3n) is 5.73. The van der Waals surface area contributed by atoms with E-state index in [2.05, 4.69) is 20.0 Å². The number of aromatic nitrogens is 2. The minimum absolute atomic E-state index is 0.0535. The fourth-order valence-electron chi connectivity index (χ4n) is 4.47. The van der Waals surface area contributed by atoms with Gasteiger partial charge in [0.15, 0.2) is 5.78 Å². The van der Waals surface area contributed by atoms with E-state index in [9.17, 15) is 27.6 Å². The Hall–Kier alpha value is -3.60. The second-order valence-corrected chi connectivity index (χ2v) is 8.79. The maximum absolute atomic E-state index is 13.3. The fraction of sp³-hybridized carbons (Fsp3) is 0.227. The summed E-state index contributed by atoms with van der Waals surface area (Å²) in [6.45, 7) is 0. The van der Waals surface area contributed by atoms with Gasteiger partial charge in [-0.25, -0.2) is 4.79 Å². The number of ketones is 1. The number of H-pyrrole nitrogens is 2. The Labute approximate surface area is 187 Å². The van der Waals surface area contributed by atoms with E-state index in [1.54, 1.807) is 11.3 Å². The van der Waals surface area contributed by atoms with Gasteiger partial charge in [-0.3, -0.25) is 19.6 Å². The SMILES string of the molecule is O=C1C[C@H](c2cccs2)CC2=C1[C@H](c1ccc(OC(F)(F)F)cc1)c1c([nH]c(=O)[nH]c1=O)N2. The summed E-state index contributed by atoms with van der Waals surface area (Å²) >= 11 is 1.54. The number of alkyl halides is 3. The number of rotatable bonds is 3. The Balaban J connectivity index is 1.62. The first-order valence-electron chi connectivity index (χ1n) is 9.98. The van der Waals surface area contributed by atoms with Crippen molar-refractivity contribution < 1.29 is 22.7 Å². The predicted octanol–water partition coefficient (Wildman–Crippen LogP) is 3.98. The van der Waals surface area contributed by atoms with Gasteiger partial charge in [0.2, 0.25) is 0 Å². The summed E-state index contributed by atoms with van der Waals surface area (Å²) in [5.74, 6) is -1.32. The highest BCUT2D eigenvalue weighted by Crippen LogP contribution is 2.46. The van der Waals surface area contributed by atoms with E-state index in [-0.39, 0.29) is 29.5 Å². The number of carbonyl (C=O) groups is 1. The monoisotopic (exact) mass is 475 g/mol. The lowest BCUT2D eigenvalue weighted by molar-refractivity contribution is -0.274. The smallest absolute Gasteiger partial charge is 0.406 e. The van der Waals surface area contributed by atoms with Gasteiger partial charge < -0.3 is 10.1 Å². The second-order valence-electron chi connectivity index (χ2n) is 7.81. The third kappa shape index (κ3) is 3.99. The molecule has 1 aliphatic heterocycles. The molecule has 0 bridgehead atoms. The number of carbonyl (C=O) groups excluding carboxylic acids is 1. The van der Waals surface area contributed by atoms with Crippen molar-refractivity contribution >= 4 is 22.9 Å². The van der Waals surface area contributed by atoms with Gasteiger partial charge in [-0.15, -0.1) is 24.5 Å². The summed E-state index contributed by atoms with van der Waals surface area (Å²) in [5, 5.41) is 4.99. The highest BCUT2D eigenvalue weighted by atomic mass is 32.1. The Morgan fingerprint density at radius 2 is 1.76 bits per heavy atom. The summed E-state index contributed by atoms with van der Waals surface area (Å²) in [7, 11) is 0. The van der Waals surface area contributed by atoms with E-state index in [0.29, 0.717) is 23.3 Å². The molecular formula is C22H16F3N3O4S. The van der Waals surface area contributed by atoms with Gasteiger partial charge in [0.1, 0.15) is 11.6 Å². The van der Waals surface area contributed by atoms with Crippen LogP contribution in [0.4, 0.5) is 19.0 Å². The predicted molar refractivity (Wildman–Crippen MR) is 115 cm³/mol. The lowest BCUT2D eigenvalue weighted by Gasteiger charge is -2.35. The quantitative estimate of drug-likeness (QED) is 0.532. The molecule has 2 aliphatic rings. The van der Waals surface area contributed by atoms with Crippen molar-refractivity contribution in [1.29, 1.82) is 0 Å². The topological polar surface area (TPSA) is 104 Å². The van der Waals surface area contributed by atoms with Crippen LogP contribution in [0.1, 0.15) is 40.7 Å². The number of hydrogen-bond donors (Lipinski definition) is 3. The fourth-order valence-corrected chi connectivity index (χ4v) is 5.30. The van der Waals surface area contributed by atoms with Gasteiger partial charge in [-0.2, -0.15) is 0 Å². The van der Waals surface area contributed by atoms with Gasteiger partial charge in [-0.05, 0) is 35.6 Å². The number of hydrogen-bond acceptors (Lipinski definition) is 6. The normalized spacial score (nSPS) is 20.2. The molecule has 7 nitrogen and oxygen atoms in total. The standard InChI is InChI=1S/C22H16F3N3O4S/c23-22(24,25)32-12-5-3-10(4-6-12)16-17-13(26-19-18(16)20(30)28-21(31)27-19)8-11(9-14(17)29)15-2-1-7-33-15/h1-7,11,16H,8-9H2,(H3,26,27,28,30,31)/t11-,16+/m1/s1. The maximum Gasteiger partial charge on any atom is 0.573 e. The molecule has 3 aromatic rings. The van der Waals surface area contributed by atoms with E-state index < -0.39 is 29.3 Å². The molecule has 1 aliphatic carbocycles. The molecule has 33 heavy (non-hydrogen) atoms. The maximum atomic E-state index is 13.3. The number of nitrogens with one attached hydrogen (secondary N) is 3.